The molecule has 5 heteroatoms. The van der Waals surface area contributed by atoms with Crippen molar-refractivity contribution >= 4 is 5.97 Å². The molecule has 0 aromatic heterocycles. The van der Waals surface area contributed by atoms with Gasteiger partial charge in [-0.05, 0) is 48.2 Å². The van der Waals surface area contributed by atoms with Gasteiger partial charge in [-0.1, -0.05) is 55.1 Å². The lowest BCUT2D eigenvalue weighted by molar-refractivity contribution is -0.139. The Morgan fingerprint density at radius 1 is 0.875 bits per heavy atom. The van der Waals surface area contributed by atoms with Crippen molar-refractivity contribution in [2.24, 2.45) is 0 Å². The van der Waals surface area contributed by atoms with Crippen molar-refractivity contribution in [3.8, 4) is 33.8 Å². The molecule has 0 spiro atoms. The van der Waals surface area contributed by atoms with E-state index in [0.717, 1.165) is 27.8 Å². The summed E-state index contributed by atoms with van der Waals surface area (Å²) in [5.74, 6) is 0.763. The molecule has 5 nitrogen and oxygen atoms in total. The second-order valence-electron chi connectivity index (χ2n) is 7.39. The number of ether oxygens (including phenoxy) is 3. The Hall–Kier alpha value is -3.57. The lowest BCUT2D eigenvalue weighted by Crippen LogP contribution is -2.13. The van der Waals surface area contributed by atoms with Crippen molar-refractivity contribution in [1.82, 2.24) is 0 Å². The summed E-state index contributed by atoms with van der Waals surface area (Å²) in [6, 6.07) is 22.1. The Balaban J connectivity index is 1.85. The van der Waals surface area contributed by atoms with Crippen LogP contribution in [0.15, 0.2) is 78.9 Å². The number of aliphatic hydroxyl groups is 1. The fraction of sp³-hybridized carbons (Fsp3) is 0.222. The number of carbonyl (C=O) groups is 1. The Morgan fingerprint density at radius 2 is 1.62 bits per heavy atom. The van der Waals surface area contributed by atoms with E-state index in [1.807, 2.05) is 30.3 Å². The van der Waals surface area contributed by atoms with E-state index in [9.17, 15) is 4.79 Å². The number of aliphatic hydroxyl groups excluding tert-OH is 1. The Bertz CT molecular complexity index is 1070. The fourth-order valence-corrected chi connectivity index (χ4v) is 3.28. The van der Waals surface area contributed by atoms with Crippen LogP contribution in [0.1, 0.15) is 12.5 Å². The highest BCUT2D eigenvalue weighted by atomic mass is 16.6. The van der Waals surface area contributed by atoms with Gasteiger partial charge < -0.3 is 19.3 Å². The highest BCUT2D eigenvalue weighted by Crippen LogP contribution is 2.37. The van der Waals surface area contributed by atoms with Gasteiger partial charge in [-0.15, -0.1) is 0 Å². The van der Waals surface area contributed by atoms with Gasteiger partial charge in [-0.2, -0.15) is 0 Å². The van der Waals surface area contributed by atoms with E-state index < -0.39 is 5.97 Å². The lowest BCUT2D eigenvalue weighted by atomic mass is 9.95. The second kappa shape index (κ2) is 11.2. The topological polar surface area (TPSA) is 65.0 Å². The maximum atomic E-state index is 11.6. The molecule has 0 atom stereocenters. The van der Waals surface area contributed by atoms with Crippen LogP contribution in [-0.4, -0.2) is 37.5 Å². The van der Waals surface area contributed by atoms with Crippen LogP contribution < -0.4 is 9.47 Å². The summed E-state index contributed by atoms with van der Waals surface area (Å²) < 4.78 is 16.6. The Labute approximate surface area is 188 Å². The SMILES string of the molecule is C=C(C)C(=O)OCCOc1cc(OCCO)ccc1-c1ccc(-c2ccccc2)cc1C. The summed E-state index contributed by atoms with van der Waals surface area (Å²) in [5, 5.41) is 9.04. The van der Waals surface area contributed by atoms with Gasteiger partial charge in [0.2, 0.25) is 0 Å². The van der Waals surface area contributed by atoms with Crippen LogP contribution in [0.4, 0.5) is 0 Å². The first-order valence-corrected chi connectivity index (χ1v) is 10.5. The van der Waals surface area contributed by atoms with Gasteiger partial charge >= 0.3 is 5.97 Å². The first-order valence-electron chi connectivity index (χ1n) is 10.5. The molecule has 0 unspecified atom stereocenters. The predicted octanol–water partition coefficient (Wildman–Crippen LogP) is 5.20. The standard InChI is InChI=1S/C27H28O5/c1-19(2)27(29)32-16-15-31-26-18-23(30-14-13-28)10-12-25(26)24-11-9-22(17-20(24)3)21-7-5-4-6-8-21/h4-12,17-18,28H,1,13-16H2,2-3H3. The largest absolute Gasteiger partial charge is 0.491 e. The van der Waals surface area contributed by atoms with E-state index >= 15 is 0 Å². The third-order valence-corrected chi connectivity index (χ3v) is 4.86. The molecule has 3 aromatic carbocycles. The monoisotopic (exact) mass is 432 g/mol. The molecule has 0 aliphatic carbocycles. The number of esters is 1. The summed E-state index contributed by atoms with van der Waals surface area (Å²) >= 11 is 0. The van der Waals surface area contributed by atoms with Crippen molar-refractivity contribution in [2.45, 2.75) is 13.8 Å². The second-order valence-corrected chi connectivity index (χ2v) is 7.39. The predicted molar refractivity (Wildman–Crippen MR) is 126 cm³/mol. The highest BCUT2D eigenvalue weighted by Gasteiger charge is 2.13. The summed E-state index contributed by atoms with van der Waals surface area (Å²) in [5.41, 5.74) is 5.69. The van der Waals surface area contributed by atoms with Gasteiger partial charge in [-0.25, -0.2) is 4.79 Å². The maximum absolute atomic E-state index is 11.6. The molecule has 0 radical (unpaired) electrons. The van der Waals surface area contributed by atoms with E-state index in [2.05, 4.69) is 43.8 Å². The van der Waals surface area contributed by atoms with E-state index in [0.29, 0.717) is 17.1 Å². The normalized spacial score (nSPS) is 10.5. The number of carbonyl (C=O) groups excluding carboxylic acids is 1. The van der Waals surface area contributed by atoms with Gasteiger partial charge in [0, 0.05) is 17.2 Å². The minimum absolute atomic E-state index is 0.0745. The molecule has 32 heavy (non-hydrogen) atoms. The molecule has 166 valence electrons. The van der Waals surface area contributed by atoms with E-state index in [1.165, 1.54) is 0 Å². The summed E-state index contributed by atoms with van der Waals surface area (Å²) in [4.78, 5) is 11.6. The van der Waals surface area contributed by atoms with E-state index in [-0.39, 0.29) is 26.4 Å². The van der Waals surface area contributed by atoms with Crippen LogP contribution in [0.2, 0.25) is 0 Å². The zero-order valence-electron chi connectivity index (χ0n) is 18.5. The molecule has 0 saturated carbocycles. The number of hydrogen-bond donors (Lipinski definition) is 1. The van der Waals surface area contributed by atoms with Crippen LogP contribution in [-0.2, 0) is 9.53 Å². The van der Waals surface area contributed by atoms with Gasteiger partial charge in [0.15, 0.2) is 0 Å². The van der Waals surface area contributed by atoms with Gasteiger partial charge in [0.05, 0.1) is 6.61 Å². The number of aryl methyl sites for hydroxylation is 1. The molecule has 0 amide bonds. The van der Waals surface area contributed by atoms with E-state index in [4.69, 9.17) is 19.3 Å². The Morgan fingerprint density at radius 3 is 2.31 bits per heavy atom. The zero-order chi connectivity index (χ0) is 22.9. The van der Waals surface area contributed by atoms with Gasteiger partial charge in [0.1, 0.15) is 31.3 Å². The number of hydrogen-bond acceptors (Lipinski definition) is 5. The molecule has 0 bridgehead atoms. The molecule has 0 heterocycles. The van der Waals surface area contributed by atoms with Crippen molar-refractivity contribution in [3.63, 3.8) is 0 Å². The van der Waals surface area contributed by atoms with Crippen LogP contribution in [0, 0.1) is 6.92 Å². The lowest BCUT2D eigenvalue weighted by Gasteiger charge is -2.16. The average molecular weight is 433 g/mol. The van der Waals surface area contributed by atoms with Crippen molar-refractivity contribution < 1.29 is 24.1 Å². The number of rotatable bonds is 10. The first-order chi connectivity index (χ1) is 15.5. The van der Waals surface area contributed by atoms with Crippen molar-refractivity contribution in [3.05, 3.63) is 84.4 Å². The van der Waals surface area contributed by atoms with Crippen LogP contribution in [0.25, 0.3) is 22.3 Å². The highest BCUT2D eigenvalue weighted by molar-refractivity contribution is 5.86. The minimum Gasteiger partial charge on any atom is -0.491 e. The average Bonchev–Trinajstić information content (AvgIpc) is 2.81. The first kappa shape index (κ1) is 23.1. The molecule has 0 fully saturated rings. The molecule has 0 aliphatic rings. The third kappa shape index (κ3) is 5.99. The Kier molecular flexibility index (Phi) is 8.06. The molecule has 1 N–H and O–H groups in total. The molecule has 3 aromatic rings. The maximum Gasteiger partial charge on any atom is 0.333 e. The molecule has 0 saturated heterocycles. The minimum atomic E-state index is -0.443. The quantitative estimate of drug-likeness (QED) is 0.271. The van der Waals surface area contributed by atoms with Crippen LogP contribution in [0.5, 0.6) is 11.5 Å². The molecular formula is C27H28O5. The third-order valence-electron chi connectivity index (χ3n) is 4.86. The summed E-state index contributed by atoms with van der Waals surface area (Å²) in [6.07, 6.45) is 0. The molecular weight excluding hydrogens is 404 g/mol. The van der Waals surface area contributed by atoms with Gasteiger partial charge in [0.25, 0.3) is 0 Å². The zero-order valence-corrected chi connectivity index (χ0v) is 18.5. The van der Waals surface area contributed by atoms with E-state index in [1.54, 1.807) is 13.0 Å². The molecule has 3 rings (SSSR count). The van der Waals surface area contributed by atoms with Gasteiger partial charge in [-0.3, -0.25) is 0 Å². The summed E-state index contributed by atoms with van der Waals surface area (Å²) in [6.45, 7) is 7.66. The molecule has 0 aliphatic heterocycles. The number of benzene rings is 3. The summed E-state index contributed by atoms with van der Waals surface area (Å²) in [7, 11) is 0. The van der Waals surface area contributed by atoms with Crippen LogP contribution >= 0.6 is 0 Å². The smallest absolute Gasteiger partial charge is 0.333 e. The van der Waals surface area contributed by atoms with Crippen LogP contribution in [0.3, 0.4) is 0 Å². The fourth-order valence-electron chi connectivity index (χ4n) is 3.28. The van der Waals surface area contributed by atoms with Crippen molar-refractivity contribution in [2.75, 3.05) is 26.4 Å². The van der Waals surface area contributed by atoms with Crippen molar-refractivity contribution in [1.29, 1.82) is 0 Å².